The third-order valence-electron chi connectivity index (χ3n) is 3.04. The zero-order chi connectivity index (χ0) is 14.5. The fourth-order valence-electron chi connectivity index (χ4n) is 1.17. The summed E-state index contributed by atoms with van der Waals surface area (Å²) in [5, 5.41) is 11.1. The van der Waals surface area contributed by atoms with Gasteiger partial charge in [-0.3, -0.25) is 9.59 Å². The minimum atomic E-state index is -1.16. The van der Waals surface area contributed by atoms with Crippen LogP contribution in [0.1, 0.15) is 27.2 Å². The molecule has 1 atom stereocenters. The van der Waals surface area contributed by atoms with Crippen LogP contribution in [0.3, 0.4) is 0 Å². The second-order valence-corrected chi connectivity index (χ2v) is 4.72. The molecule has 0 aromatic carbocycles. The van der Waals surface area contributed by atoms with E-state index in [2.05, 4.69) is 5.32 Å². The van der Waals surface area contributed by atoms with Crippen molar-refractivity contribution in [2.24, 2.45) is 11.7 Å². The lowest BCUT2D eigenvalue weighted by Crippen LogP contribution is -2.60. The fraction of sp³-hybridized carbons (Fsp3) is 0.727. The molecule has 18 heavy (non-hydrogen) atoms. The number of nitrogens with two attached hydrogens (primary N) is 1. The standard InChI is InChI=1S/C11H21N3O4/c1-7(2)11(3,9(12)17)13-10(18)14(4)6-5-8(15)16/h7H,5-6H2,1-4H3,(H2,12,17)(H,13,18)(H,15,16). The Morgan fingerprint density at radius 1 is 1.39 bits per heavy atom. The minimum absolute atomic E-state index is 0.0636. The lowest BCUT2D eigenvalue weighted by molar-refractivity contribution is -0.137. The van der Waals surface area contributed by atoms with Crippen LogP contribution in [0.15, 0.2) is 0 Å². The Morgan fingerprint density at radius 3 is 2.22 bits per heavy atom. The van der Waals surface area contributed by atoms with E-state index >= 15 is 0 Å². The summed E-state index contributed by atoms with van der Waals surface area (Å²) in [4.78, 5) is 34.8. The lowest BCUT2D eigenvalue weighted by Gasteiger charge is -2.33. The van der Waals surface area contributed by atoms with Crippen LogP contribution >= 0.6 is 0 Å². The molecule has 0 radical (unpaired) electrons. The van der Waals surface area contributed by atoms with Crippen molar-refractivity contribution < 1.29 is 19.5 Å². The van der Waals surface area contributed by atoms with Crippen LogP contribution < -0.4 is 11.1 Å². The molecule has 0 aromatic rings. The molecule has 0 aliphatic rings. The number of urea groups is 1. The fourth-order valence-corrected chi connectivity index (χ4v) is 1.17. The summed E-state index contributed by atoms with van der Waals surface area (Å²) in [5.74, 6) is -1.79. The third-order valence-corrected chi connectivity index (χ3v) is 3.04. The van der Waals surface area contributed by atoms with Gasteiger partial charge in [-0.05, 0) is 12.8 Å². The largest absolute Gasteiger partial charge is 0.481 e. The van der Waals surface area contributed by atoms with Crippen LogP contribution in [0.4, 0.5) is 4.79 Å². The van der Waals surface area contributed by atoms with Gasteiger partial charge in [0.25, 0.3) is 0 Å². The van der Waals surface area contributed by atoms with Gasteiger partial charge >= 0.3 is 12.0 Å². The Labute approximate surface area is 106 Å². The van der Waals surface area contributed by atoms with Crippen LogP contribution in [0, 0.1) is 5.92 Å². The highest BCUT2D eigenvalue weighted by molar-refractivity contribution is 5.89. The predicted molar refractivity (Wildman–Crippen MR) is 65.9 cm³/mol. The number of aliphatic carboxylic acids is 1. The monoisotopic (exact) mass is 259 g/mol. The van der Waals surface area contributed by atoms with Gasteiger partial charge in [0, 0.05) is 13.6 Å². The molecule has 0 fully saturated rings. The van der Waals surface area contributed by atoms with Crippen molar-refractivity contribution in [3.63, 3.8) is 0 Å². The van der Waals surface area contributed by atoms with E-state index in [0.29, 0.717) is 0 Å². The molecule has 0 heterocycles. The van der Waals surface area contributed by atoms with Crippen molar-refractivity contribution in [2.45, 2.75) is 32.7 Å². The molecule has 0 aromatic heterocycles. The van der Waals surface area contributed by atoms with Crippen LogP contribution in [-0.4, -0.2) is 47.0 Å². The molecule has 0 saturated heterocycles. The minimum Gasteiger partial charge on any atom is -0.481 e. The molecule has 1 unspecified atom stereocenters. The number of nitrogens with one attached hydrogen (secondary N) is 1. The maximum atomic E-state index is 11.8. The molecule has 3 amide bonds. The normalized spacial score (nSPS) is 13.8. The van der Waals surface area contributed by atoms with E-state index in [1.165, 1.54) is 11.9 Å². The molecular weight excluding hydrogens is 238 g/mol. The number of nitrogens with zero attached hydrogens (tertiary/aromatic N) is 1. The number of hydrogen-bond donors (Lipinski definition) is 3. The number of carboxylic acid groups (broad SMARTS) is 1. The lowest BCUT2D eigenvalue weighted by atomic mass is 9.88. The Balaban J connectivity index is 4.61. The van der Waals surface area contributed by atoms with Crippen LogP contribution in [0.2, 0.25) is 0 Å². The van der Waals surface area contributed by atoms with Crippen molar-refractivity contribution >= 4 is 17.9 Å². The van der Waals surface area contributed by atoms with E-state index in [4.69, 9.17) is 10.8 Å². The van der Waals surface area contributed by atoms with E-state index in [-0.39, 0.29) is 18.9 Å². The first-order valence-electron chi connectivity index (χ1n) is 5.66. The van der Waals surface area contributed by atoms with Crippen molar-refractivity contribution in [3.8, 4) is 0 Å². The molecule has 0 spiro atoms. The third kappa shape index (κ3) is 4.23. The summed E-state index contributed by atoms with van der Waals surface area (Å²) in [6.07, 6.45) is -0.154. The van der Waals surface area contributed by atoms with Crippen molar-refractivity contribution in [1.82, 2.24) is 10.2 Å². The maximum absolute atomic E-state index is 11.8. The second kappa shape index (κ2) is 6.23. The van der Waals surface area contributed by atoms with Crippen LogP contribution in [-0.2, 0) is 9.59 Å². The van der Waals surface area contributed by atoms with Gasteiger partial charge in [-0.15, -0.1) is 0 Å². The molecule has 0 saturated carbocycles. The van der Waals surface area contributed by atoms with E-state index < -0.39 is 23.4 Å². The predicted octanol–water partition coefficient (Wildman–Crippen LogP) is 0.00250. The van der Waals surface area contributed by atoms with Gasteiger partial charge in [-0.2, -0.15) is 0 Å². The maximum Gasteiger partial charge on any atom is 0.318 e. The smallest absolute Gasteiger partial charge is 0.318 e. The molecule has 7 heteroatoms. The second-order valence-electron chi connectivity index (χ2n) is 4.72. The SMILES string of the molecule is CC(C)C(C)(NC(=O)N(C)CCC(=O)O)C(N)=O. The quantitative estimate of drug-likeness (QED) is 0.623. The Kier molecular flexibility index (Phi) is 5.61. The van der Waals surface area contributed by atoms with E-state index in [0.717, 1.165) is 0 Å². The van der Waals surface area contributed by atoms with Gasteiger partial charge in [0.2, 0.25) is 5.91 Å². The first-order chi connectivity index (χ1) is 8.11. The number of carbonyl (C=O) groups is 3. The summed E-state index contributed by atoms with van der Waals surface area (Å²) in [6, 6.07) is -0.522. The van der Waals surface area contributed by atoms with E-state index in [1.54, 1.807) is 20.8 Å². The van der Waals surface area contributed by atoms with E-state index in [1.807, 2.05) is 0 Å². The number of amides is 3. The van der Waals surface area contributed by atoms with Crippen molar-refractivity contribution in [2.75, 3.05) is 13.6 Å². The van der Waals surface area contributed by atoms with Gasteiger partial charge < -0.3 is 21.1 Å². The van der Waals surface area contributed by atoms with Crippen LogP contribution in [0.25, 0.3) is 0 Å². The topological polar surface area (TPSA) is 113 Å². The first kappa shape index (κ1) is 16.2. The zero-order valence-corrected chi connectivity index (χ0v) is 11.2. The molecule has 0 bridgehead atoms. The highest BCUT2D eigenvalue weighted by Gasteiger charge is 2.37. The number of carbonyl (C=O) groups excluding carboxylic acids is 2. The van der Waals surface area contributed by atoms with Gasteiger partial charge in [0.05, 0.1) is 6.42 Å². The molecule has 7 nitrogen and oxygen atoms in total. The summed E-state index contributed by atoms with van der Waals surface area (Å²) >= 11 is 0. The Bertz CT molecular complexity index is 343. The van der Waals surface area contributed by atoms with Gasteiger partial charge in [0.15, 0.2) is 0 Å². The highest BCUT2D eigenvalue weighted by atomic mass is 16.4. The van der Waals surface area contributed by atoms with E-state index in [9.17, 15) is 14.4 Å². The first-order valence-corrected chi connectivity index (χ1v) is 5.66. The summed E-state index contributed by atoms with van der Waals surface area (Å²) in [6.45, 7) is 5.14. The Hall–Kier alpha value is -1.79. The average molecular weight is 259 g/mol. The van der Waals surface area contributed by atoms with Gasteiger partial charge in [0.1, 0.15) is 5.54 Å². The molecule has 0 rings (SSSR count). The van der Waals surface area contributed by atoms with Crippen molar-refractivity contribution in [1.29, 1.82) is 0 Å². The number of rotatable bonds is 6. The van der Waals surface area contributed by atoms with Crippen molar-refractivity contribution in [3.05, 3.63) is 0 Å². The average Bonchev–Trinajstić information content (AvgIpc) is 2.24. The van der Waals surface area contributed by atoms with Crippen LogP contribution in [0.5, 0.6) is 0 Å². The molecule has 104 valence electrons. The zero-order valence-electron chi connectivity index (χ0n) is 11.2. The van der Waals surface area contributed by atoms with Gasteiger partial charge in [-0.1, -0.05) is 13.8 Å². The number of primary amides is 1. The highest BCUT2D eigenvalue weighted by Crippen LogP contribution is 2.16. The summed E-state index contributed by atoms with van der Waals surface area (Å²) in [5.41, 5.74) is 4.12. The number of hydrogen-bond acceptors (Lipinski definition) is 3. The van der Waals surface area contributed by atoms with Gasteiger partial charge in [-0.25, -0.2) is 4.79 Å². The molecule has 0 aliphatic heterocycles. The Morgan fingerprint density at radius 2 is 1.89 bits per heavy atom. The molecular formula is C11H21N3O4. The molecule has 4 N–H and O–H groups in total. The summed E-state index contributed by atoms with van der Waals surface area (Å²) < 4.78 is 0. The molecule has 0 aliphatic carbocycles. The number of carboxylic acids is 1. The summed E-state index contributed by atoms with van der Waals surface area (Å²) in [7, 11) is 1.46.